The molecule has 0 saturated carbocycles. The molecule has 6 heteroatoms. The highest BCUT2D eigenvalue weighted by Gasteiger charge is 2.10. The van der Waals surface area contributed by atoms with Gasteiger partial charge in [0, 0.05) is 6.20 Å². The summed E-state index contributed by atoms with van der Waals surface area (Å²) < 4.78 is 4.15. The molecule has 2 N–H and O–H groups in total. The predicted molar refractivity (Wildman–Crippen MR) is 108 cm³/mol. The Morgan fingerprint density at radius 2 is 1.88 bits per heavy atom. The second-order valence-corrected chi connectivity index (χ2v) is 7.19. The smallest absolute Gasteiger partial charge is 0.293 e. The molecule has 0 radical (unpaired) electrons. The van der Waals surface area contributed by atoms with Crippen molar-refractivity contribution in [3.8, 4) is 0 Å². The lowest BCUT2D eigenvalue weighted by Crippen LogP contribution is -2.03. The maximum absolute atomic E-state index is 10.0. The Balaban J connectivity index is 0.00000110. The summed E-state index contributed by atoms with van der Waals surface area (Å²) >= 11 is 1.54. The minimum absolute atomic E-state index is 0.248. The minimum Gasteiger partial charge on any atom is -0.468 e. The third-order valence-electron chi connectivity index (χ3n) is 3.75. The fourth-order valence-corrected chi connectivity index (χ4v) is 3.08. The van der Waals surface area contributed by atoms with Gasteiger partial charge in [-0.1, -0.05) is 52.0 Å². The van der Waals surface area contributed by atoms with Crippen molar-refractivity contribution in [3.05, 3.63) is 22.2 Å². The van der Waals surface area contributed by atoms with Crippen LogP contribution in [-0.2, 0) is 9.53 Å². The van der Waals surface area contributed by atoms with Crippen LogP contribution in [0.4, 0.5) is 0 Å². The van der Waals surface area contributed by atoms with E-state index in [0.717, 1.165) is 42.0 Å². The van der Waals surface area contributed by atoms with Crippen LogP contribution in [0.25, 0.3) is 6.08 Å². The fourth-order valence-electron chi connectivity index (χ4n) is 2.21. The minimum atomic E-state index is -0.385. The number of thiazole rings is 1. The Bertz CT molecular complexity index is 476. The van der Waals surface area contributed by atoms with Crippen LogP contribution in [0.3, 0.4) is 0 Å². The van der Waals surface area contributed by atoms with Crippen molar-refractivity contribution in [3.63, 3.8) is 0 Å². The number of unbranched alkanes of at least 4 members (excludes halogenated alkanes) is 3. The van der Waals surface area contributed by atoms with E-state index in [4.69, 9.17) is 0 Å². The lowest BCUT2D eigenvalue weighted by atomic mass is 10.1. The van der Waals surface area contributed by atoms with Gasteiger partial charge in [-0.05, 0) is 32.3 Å². The van der Waals surface area contributed by atoms with Gasteiger partial charge in [-0.3, -0.25) is 4.79 Å². The normalized spacial score (nSPS) is 13.1. The zero-order chi connectivity index (χ0) is 19.6. The summed E-state index contributed by atoms with van der Waals surface area (Å²) in [7, 11) is 0. The first-order valence-corrected chi connectivity index (χ1v) is 10.4. The van der Waals surface area contributed by atoms with Gasteiger partial charge in [0.15, 0.2) is 0 Å². The van der Waals surface area contributed by atoms with Gasteiger partial charge >= 0.3 is 0 Å². The van der Waals surface area contributed by atoms with Crippen molar-refractivity contribution in [1.82, 2.24) is 4.98 Å². The molecular weight excluding hydrogens is 350 g/mol. The molecule has 0 aliphatic heterocycles. The van der Waals surface area contributed by atoms with Gasteiger partial charge in [-0.15, -0.1) is 11.3 Å². The molecule has 2 atom stereocenters. The van der Waals surface area contributed by atoms with Crippen LogP contribution in [0.15, 0.2) is 12.3 Å². The number of aromatic nitrogens is 1. The molecule has 0 fully saturated rings. The van der Waals surface area contributed by atoms with Gasteiger partial charge in [0.25, 0.3) is 6.47 Å². The predicted octanol–water partition coefficient (Wildman–Crippen LogP) is 4.89. The molecule has 0 aliphatic carbocycles. The van der Waals surface area contributed by atoms with E-state index in [1.54, 1.807) is 13.1 Å². The van der Waals surface area contributed by atoms with Crippen molar-refractivity contribution in [2.24, 2.45) is 0 Å². The number of hydrogen-bond donors (Lipinski definition) is 2. The van der Waals surface area contributed by atoms with Crippen LogP contribution in [0.5, 0.6) is 0 Å². The zero-order valence-corrected chi connectivity index (χ0v) is 17.2. The molecule has 2 unspecified atom stereocenters. The molecule has 1 aromatic rings. The quantitative estimate of drug-likeness (QED) is 0.373. The lowest BCUT2D eigenvalue weighted by Gasteiger charge is -2.06. The Hall–Kier alpha value is -1.24. The fraction of sp³-hybridized carbons (Fsp3) is 0.700. The molecule has 0 aliphatic rings. The summed E-state index contributed by atoms with van der Waals surface area (Å²) in [5.41, 5.74) is 0. The van der Waals surface area contributed by atoms with Crippen LogP contribution >= 0.6 is 11.3 Å². The standard InChI is InChI=1S/C17H29NO2S.C3H6O2/c1-3-5-7-9-14(19)10-8-12-17-18-13-16(21-17)15(20)11-6-4-2;1-2-5-3-4/h8,12-15,19-20H,3-7,9-11H2,1-2H3;3H,2H2,1H3/b12-8+;. The third-order valence-corrected chi connectivity index (χ3v) is 4.81. The largest absolute Gasteiger partial charge is 0.468 e. The van der Waals surface area contributed by atoms with Crippen LogP contribution in [0.1, 0.15) is 88.1 Å². The number of ether oxygens (including phenoxy) is 1. The monoisotopic (exact) mass is 385 g/mol. The number of nitrogens with zero attached hydrogens (tertiary/aromatic N) is 1. The maximum atomic E-state index is 10.0. The van der Waals surface area contributed by atoms with E-state index in [2.05, 4.69) is 23.6 Å². The second kappa shape index (κ2) is 17.2. The van der Waals surface area contributed by atoms with Gasteiger partial charge in [-0.2, -0.15) is 0 Å². The highest BCUT2D eigenvalue weighted by Crippen LogP contribution is 2.25. The van der Waals surface area contributed by atoms with Gasteiger partial charge in [0.2, 0.25) is 0 Å². The van der Waals surface area contributed by atoms with Crippen molar-refractivity contribution < 1.29 is 19.7 Å². The number of carbonyl (C=O) groups excluding carboxylic acids is 1. The molecule has 0 saturated heterocycles. The molecule has 0 bridgehead atoms. The summed E-state index contributed by atoms with van der Waals surface area (Å²) in [6.07, 6.45) is 13.0. The van der Waals surface area contributed by atoms with Crippen molar-refractivity contribution >= 4 is 23.9 Å². The summed E-state index contributed by atoms with van der Waals surface area (Å²) in [6.45, 7) is 6.96. The molecule has 0 spiro atoms. The van der Waals surface area contributed by atoms with E-state index in [0.29, 0.717) is 19.5 Å². The highest BCUT2D eigenvalue weighted by molar-refractivity contribution is 7.12. The summed E-state index contributed by atoms with van der Waals surface area (Å²) in [5, 5.41) is 20.7. The van der Waals surface area contributed by atoms with Gasteiger partial charge in [0.05, 0.1) is 23.7 Å². The van der Waals surface area contributed by atoms with E-state index in [1.165, 1.54) is 24.2 Å². The van der Waals surface area contributed by atoms with Crippen LogP contribution < -0.4 is 0 Å². The SMILES string of the molecule is CCCCCC(O)C/C=C/c1ncc(C(O)CCCC)s1.CCOC=O. The van der Waals surface area contributed by atoms with E-state index in [-0.39, 0.29) is 12.2 Å². The van der Waals surface area contributed by atoms with E-state index in [1.807, 2.05) is 12.2 Å². The van der Waals surface area contributed by atoms with E-state index >= 15 is 0 Å². The number of carbonyl (C=O) groups is 1. The van der Waals surface area contributed by atoms with E-state index in [9.17, 15) is 15.0 Å². The summed E-state index contributed by atoms with van der Waals surface area (Å²) in [6, 6.07) is 0. The van der Waals surface area contributed by atoms with Crippen LogP contribution in [-0.4, -0.2) is 34.4 Å². The molecular formula is C20H35NO4S. The molecule has 1 aromatic heterocycles. The van der Waals surface area contributed by atoms with Crippen molar-refractivity contribution in [2.45, 2.75) is 84.3 Å². The van der Waals surface area contributed by atoms with Crippen LogP contribution in [0.2, 0.25) is 0 Å². The molecule has 1 rings (SSSR count). The van der Waals surface area contributed by atoms with Crippen molar-refractivity contribution in [2.75, 3.05) is 6.61 Å². The lowest BCUT2D eigenvalue weighted by molar-refractivity contribution is -0.128. The first kappa shape index (κ1) is 24.8. The average molecular weight is 386 g/mol. The third kappa shape index (κ3) is 13.0. The molecule has 150 valence electrons. The first-order chi connectivity index (χ1) is 12.6. The number of hydrogen-bond acceptors (Lipinski definition) is 6. The van der Waals surface area contributed by atoms with E-state index < -0.39 is 0 Å². The van der Waals surface area contributed by atoms with Gasteiger partial charge in [-0.25, -0.2) is 4.98 Å². The Kier molecular flexibility index (Phi) is 16.4. The Labute approximate surface area is 162 Å². The maximum Gasteiger partial charge on any atom is 0.293 e. The second-order valence-electron chi connectivity index (χ2n) is 6.10. The summed E-state index contributed by atoms with van der Waals surface area (Å²) in [5.74, 6) is 0. The van der Waals surface area contributed by atoms with Crippen molar-refractivity contribution in [1.29, 1.82) is 0 Å². The Morgan fingerprint density at radius 1 is 1.15 bits per heavy atom. The average Bonchev–Trinajstić information content (AvgIpc) is 3.10. The zero-order valence-electron chi connectivity index (χ0n) is 16.4. The summed E-state index contributed by atoms with van der Waals surface area (Å²) in [4.78, 5) is 14.4. The van der Waals surface area contributed by atoms with Gasteiger partial charge < -0.3 is 14.9 Å². The molecule has 0 aromatic carbocycles. The first-order valence-electron chi connectivity index (χ1n) is 9.62. The molecule has 0 amide bonds. The highest BCUT2D eigenvalue weighted by atomic mass is 32.1. The Morgan fingerprint density at radius 3 is 2.46 bits per heavy atom. The van der Waals surface area contributed by atoms with Crippen LogP contribution in [0, 0.1) is 0 Å². The number of rotatable bonds is 13. The molecule has 5 nitrogen and oxygen atoms in total. The molecule has 26 heavy (non-hydrogen) atoms. The number of aliphatic hydroxyl groups excluding tert-OH is 2. The molecule has 1 heterocycles. The van der Waals surface area contributed by atoms with Gasteiger partial charge in [0.1, 0.15) is 5.01 Å². The topological polar surface area (TPSA) is 79.7 Å². The number of aliphatic hydroxyl groups is 2.